The van der Waals surface area contributed by atoms with Gasteiger partial charge in [-0.15, -0.1) is 0 Å². The summed E-state index contributed by atoms with van der Waals surface area (Å²) >= 11 is 0. The Bertz CT molecular complexity index is 1070. The van der Waals surface area contributed by atoms with Crippen LogP contribution in [0.1, 0.15) is 41.9 Å². The van der Waals surface area contributed by atoms with Crippen molar-refractivity contribution in [3.8, 4) is 11.8 Å². The van der Waals surface area contributed by atoms with E-state index in [1.165, 1.54) is 5.56 Å². The van der Waals surface area contributed by atoms with Gasteiger partial charge in [-0.05, 0) is 73.7 Å². The third-order valence-electron chi connectivity index (χ3n) is 5.99. The summed E-state index contributed by atoms with van der Waals surface area (Å²) in [7, 11) is 0. The summed E-state index contributed by atoms with van der Waals surface area (Å²) in [5.74, 6) is 6.82. The second-order valence-corrected chi connectivity index (χ2v) is 8.42. The molecule has 0 radical (unpaired) electrons. The van der Waals surface area contributed by atoms with Crippen molar-refractivity contribution >= 4 is 11.7 Å². The normalized spacial score (nSPS) is 16.8. The largest absolute Gasteiger partial charge is 0.325 e. The summed E-state index contributed by atoms with van der Waals surface area (Å²) in [5, 5.41) is 6.64. The standard InChI is InChI=1S/C29H31N3O/c33-29(31-28-11-5-2-6-12-28)32-21-8-7-20-30-23-27(19-22-32)26-17-15-25(16-18-26)14-13-24-9-3-1-4-10-24/h1-6,9-12,15-18,27,30H,7-8,19-23H2,(H,31,33)/t27-/m1/s1. The fourth-order valence-corrected chi connectivity index (χ4v) is 4.07. The molecule has 3 aromatic carbocycles. The lowest BCUT2D eigenvalue weighted by Crippen LogP contribution is -2.39. The zero-order valence-corrected chi connectivity index (χ0v) is 19.0. The molecule has 2 amide bonds. The van der Waals surface area contributed by atoms with Crippen molar-refractivity contribution < 1.29 is 4.79 Å². The van der Waals surface area contributed by atoms with Gasteiger partial charge in [-0.3, -0.25) is 0 Å². The van der Waals surface area contributed by atoms with Gasteiger partial charge in [0.05, 0.1) is 0 Å². The number of amides is 2. The molecule has 0 spiro atoms. The van der Waals surface area contributed by atoms with Crippen molar-refractivity contribution in [1.82, 2.24) is 10.2 Å². The van der Waals surface area contributed by atoms with E-state index in [9.17, 15) is 4.79 Å². The molecular weight excluding hydrogens is 406 g/mol. The van der Waals surface area contributed by atoms with Crippen LogP contribution in [0.15, 0.2) is 84.9 Å². The van der Waals surface area contributed by atoms with Gasteiger partial charge in [0.15, 0.2) is 0 Å². The lowest BCUT2D eigenvalue weighted by atomic mass is 9.94. The van der Waals surface area contributed by atoms with Gasteiger partial charge >= 0.3 is 6.03 Å². The Hall–Kier alpha value is -3.55. The van der Waals surface area contributed by atoms with Gasteiger partial charge in [-0.2, -0.15) is 0 Å². The molecule has 1 fully saturated rings. The quantitative estimate of drug-likeness (QED) is 0.522. The average molecular weight is 438 g/mol. The highest BCUT2D eigenvalue weighted by Crippen LogP contribution is 2.21. The number of benzene rings is 3. The zero-order valence-electron chi connectivity index (χ0n) is 19.0. The Kier molecular flexibility index (Phi) is 8.16. The average Bonchev–Trinajstić information content (AvgIpc) is 2.87. The molecule has 4 rings (SSSR count). The van der Waals surface area contributed by atoms with Crippen molar-refractivity contribution in [3.63, 3.8) is 0 Å². The molecule has 1 atom stereocenters. The fourth-order valence-electron chi connectivity index (χ4n) is 4.07. The maximum Gasteiger partial charge on any atom is 0.321 e. The van der Waals surface area contributed by atoms with E-state index in [4.69, 9.17) is 0 Å². The first-order chi connectivity index (χ1) is 16.3. The SMILES string of the molecule is O=C(Nc1ccccc1)N1CCCCNC[C@H](c2ccc(C#Cc3ccccc3)cc2)CC1. The fraction of sp³-hybridized carbons (Fsp3) is 0.276. The van der Waals surface area contributed by atoms with Crippen LogP contribution in [0.25, 0.3) is 0 Å². The Morgan fingerprint density at radius 1 is 0.818 bits per heavy atom. The molecule has 2 N–H and O–H groups in total. The summed E-state index contributed by atoms with van der Waals surface area (Å²) < 4.78 is 0. The Morgan fingerprint density at radius 2 is 1.48 bits per heavy atom. The van der Waals surface area contributed by atoms with Crippen LogP contribution in [0.5, 0.6) is 0 Å². The van der Waals surface area contributed by atoms with E-state index < -0.39 is 0 Å². The van der Waals surface area contributed by atoms with E-state index in [1.807, 2.05) is 65.6 Å². The van der Waals surface area contributed by atoms with Crippen molar-refractivity contribution in [3.05, 3.63) is 102 Å². The summed E-state index contributed by atoms with van der Waals surface area (Å²) in [4.78, 5) is 14.9. The smallest absolute Gasteiger partial charge is 0.321 e. The van der Waals surface area contributed by atoms with Gasteiger partial charge in [0, 0.05) is 36.4 Å². The molecule has 0 aliphatic carbocycles. The monoisotopic (exact) mass is 437 g/mol. The van der Waals surface area contributed by atoms with E-state index in [-0.39, 0.29) is 6.03 Å². The maximum atomic E-state index is 12.9. The Labute approximate surface area is 197 Å². The van der Waals surface area contributed by atoms with Gasteiger partial charge in [0.1, 0.15) is 0 Å². The van der Waals surface area contributed by atoms with Crippen LogP contribution in [0, 0.1) is 11.8 Å². The molecule has 1 heterocycles. The first-order valence-corrected chi connectivity index (χ1v) is 11.8. The third-order valence-corrected chi connectivity index (χ3v) is 5.99. The van der Waals surface area contributed by atoms with E-state index in [1.54, 1.807) is 0 Å². The second kappa shape index (κ2) is 11.9. The van der Waals surface area contributed by atoms with Crippen LogP contribution in [-0.2, 0) is 0 Å². The van der Waals surface area contributed by atoms with Crippen LogP contribution in [0.2, 0.25) is 0 Å². The van der Waals surface area contributed by atoms with E-state index >= 15 is 0 Å². The molecule has 1 aliphatic heterocycles. The van der Waals surface area contributed by atoms with E-state index in [0.29, 0.717) is 5.92 Å². The van der Waals surface area contributed by atoms with Crippen LogP contribution >= 0.6 is 0 Å². The molecule has 0 unspecified atom stereocenters. The molecule has 0 bridgehead atoms. The minimum Gasteiger partial charge on any atom is -0.325 e. The molecule has 3 aromatic rings. The number of para-hydroxylation sites is 1. The lowest BCUT2D eigenvalue weighted by Gasteiger charge is -2.28. The molecule has 0 aromatic heterocycles. The number of carbonyl (C=O) groups is 1. The molecule has 4 heteroatoms. The van der Waals surface area contributed by atoms with E-state index in [0.717, 1.165) is 62.3 Å². The van der Waals surface area contributed by atoms with Gasteiger partial charge in [-0.1, -0.05) is 60.4 Å². The van der Waals surface area contributed by atoms with Crippen molar-refractivity contribution in [2.45, 2.75) is 25.2 Å². The first-order valence-electron chi connectivity index (χ1n) is 11.8. The molecule has 1 saturated heterocycles. The molecule has 168 valence electrons. The maximum absolute atomic E-state index is 12.9. The molecular formula is C29H31N3O. The second-order valence-electron chi connectivity index (χ2n) is 8.42. The van der Waals surface area contributed by atoms with Crippen LogP contribution in [-0.4, -0.2) is 37.1 Å². The molecule has 4 nitrogen and oxygen atoms in total. The van der Waals surface area contributed by atoms with Gasteiger partial charge in [0.2, 0.25) is 0 Å². The predicted octanol–water partition coefficient (Wildman–Crippen LogP) is 5.48. The predicted molar refractivity (Wildman–Crippen MR) is 135 cm³/mol. The first kappa shape index (κ1) is 22.6. The Balaban J connectivity index is 1.41. The minimum absolute atomic E-state index is 0.0139. The number of nitrogens with one attached hydrogen (secondary N) is 2. The number of anilines is 1. The summed E-state index contributed by atoms with van der Waals surface area (Å²) in [6.07, 6.45) is 2.99. The van der Waals surface area contributed by atoms with Crippen LogP contribution in [0.3, 0.4) is 0 Å². The highest BCUT2D eigenvalue weighted by molar-refractivity contribution is 5.89. The number of carbonyl (C=O) groups excluding carboxylic acids is 1. The topological polar surface area (TPSA) is 44.4 Å². The highest BCUT2D eigenvalue weighted by Gasteiger charge is 2.19. The van der Waals surface area contributed by atoms with Crippen LogP contribution < -0.4 is 10.6 Å². The number of rotatable bonds is 2. The highest BCUT2D eigenvalue weighted by atomic mass is 16.2. The van der Waals surface area contributed by atoms with Crippen molar-refractivity contribution in [2.24, 2.45) is 0 Å². The summed E-state index contributed by atoms with van der Waals surface area (Å²) in [5.41, 5.74) is 4.16. The van der Waals surface area contributed by atoms with E-state index in [2.05, 4.69) is 46.7 Å². The summed E-state index contributed by atoms with van der Waals surface area (Å²) in [6.45, 7) is 3.41. The van der Waals surface area contributed by atoms with Gasteiger partial charge in [0.25, 0.3) is 0 Å². The van der Waals surface area contributed by atoms with Crippen LogP contribution in [0.4, 0.5) is 10.5 Å². The minimum atomic E-state index is -0.0139. The Morgan fingerprint density at radius 3 is 2.21 bits per heavy atom. The zero-order chi connectivity index (χ0) is 22.7. The molecule has 0 saturated carbocycles. The van der Waals surface area contributed by atoms with Crippen molar-refractivity contribution in [2.75, 3.05) is 31.5 Å². The van der Waals surface area contributed by atoms with Gasteiger partial charge < -0.3 is 15.5 Å². The number of hydrogen-bond donors (Lipinski definition) is 2. The number of hydrogen-bond acceptors (Lipinski definition) is 2. The number of nitrogens with zero attached hydrogens (tertiary/aromatic N) is 1. The lowest BCUT2D eigenvalue weighted by molar-refractivity contribution is 0.206. The van der Waals surface area contributed by atoms with Crippen molar-refractivity contribution in [1.29, 1.82) is 0 Å². The summed E-state index contributed by atoms with van der Waals surface area (Å²) in [6, 6.07) is 28.3. The molecule has 33 heavy (non-hydrogen) atoms. The third kappa shape index (κ3) is 6.97. The van der Waals surface area contributed by atoms with Gasteiger partial charge in [-0.25, -0.2) is 4.79 Å². The number of urea groups is 1. The molecule has 1 aliphatic rings.